The molecule has 0 fully saturated rings. The van der Waals surface area contributed by atoms with E-state index in [-0.39, 0.29) is 12.5 Å². The van der Waals surface area contributed by atoms with Gasteiger partial charge in [-0.05, 0) is 36.6 Å². The molecule has 0 saturated carbocycles. The van der Waals surface area contributed by atoms with E-state index >= 15 is 0 Å². The number of carbonyl (C=O) groups is 2. The number of nitrogens with zero attached hydrogens (tertiary/aromatic N) is 1. The maximum atomic E-state index is 12.5. The fourth-order valence-corrected chi connectivity index (χ4v) is 3.21. The molecular weight excluding hydrogens is 336 g/mol. The quantitative estimate of drug-likeness (QED) is 0.680. The first kappa shape index (κ1) is 17.2. The lowest BCUT2D eigenvalue weighted by atomic mass is 10.1. The number of nitrogens with one attached hydrogen (secondary N) is 1. The summed E-state index contributed by atoms with van der Waals surface area (Å²) >= 11 is 6.00. The van der Waals surface area contributed by atoms with E-state index in [1.54, 1.807) is 18.3 Å². The van der Waals surface area contributed by atoms with Crippen molar-refractivity contribution in [3.05, 3.63) is 64.3 Å². The highest BCUT2D eigenvalue weighted by Gasteiger charge is 2.14. The Morgan fingerprint density at radius 3 is 2.80 bits per heavy atom. The molecule has 3 rings (SSSR count). The molecule has 128 valence electrons. The number of hydrogen-bond acceptors (Lipinski definition) is 2. The summed E-state index contributed by atoms with van der Waals surface area (Å²) in [5.74, 6) is -0.161. The standard InChI is InChI=1S/C20H19ClN2O2/c1-3-14-5-4-6-17-15(12-24)10-23(20(14)17)11-19(25)22-18-9-16(21)8-7-13(18)2/h4-10,12H,3,11H2,1-2H3,(H,22,25). The van der Waals surface area contributed by atoms with Crippen LogP contribution in [0.5, 0.6) is 0 Å². The summed E-state index contributed by atoms with van der Waals surface area (Å²) in [5.41, 5.74) is 4.28. The first-order chi connectivity index (χ1) is 12.0. The van der Waals surface area contributed by atoms with E-state index in [1.165, 1.54) is 0 Å². The molecule has 5 heteroatoms. The highest BCUT2D eigenvalue weighted by atomic mass is 35.5. The van der Waals surface area contributed by atoms with Gasteiger partial charge in [-0.25, -0.2) is 0 Å². The van der Waals surface area contributed by atoms with Crippen LogP contribution in [0.25, 0.3) is 10.9 Å². The molecule has 0 radical (unpaired) electrons. The van der Waals surface area contributed by atoms with Crippen molar-refractivity contribution in [1.29, 1.82) is 0 Å². The summed E-state index contributed by atoms with van der Waals surface area (Å²) in [5, 5.41) is 4.35. The average Bonchev–Trinajstić information content (AvgIpc) is 2.96. The molecule has 1 aromatic heterocycles. The van der Waals surface area contributed by atoms with Crippen molar-refractivity contribution in [2.75, 3.05) is 5.32 Å². The van der Waals surface area contributed by atoms with Crippen LogP contribution in [0.1, 0.15) is 28.4 Å². The summed E-state index contributed by atoms with van der Waals surface area (Å²) in [7, 11) is 0. The lowest BCUT2D eigenvalue weighted by Gasteiger charge is -2.11. The van der Waals surface area contributed by atoms with Gasteiger partial charge in [0.2, 0.25) is 5.91 Å². The average molecular weight is 355 g/mol. The molecule has 3 aromatic rings. The minimum atomic E-state index is -0.161. The van der Waals surface area contributed by atoms with Crippen LogP contribution >= 0.6 is 11.6 Å². The van der Waals surface area contributed by atoms with Crippen LogP contribution < -0.4 is 5.32 Å². The molecule has 1 heterocycles. The second-order valence-corrected chi connectivity index (χ2v) is 6.44. The Morgan fingerprint density at radius 2 is 2.08 bits per heavy atom. The minimum Gasteiger partial charge on any atom is -0.337 e. The molecule has 0 atom stereocenters. The first-order valence-corrected chi connectivity index (χ1v) is 8.53. The van der Waals surface area contributed by atoms with Gasteiger partial charge in [0.05, 0.1) is 5.52 Å². The normalized spacial score (nSPS) is 10.8. The van der Waals surface area contributed by atoms with Gasteiger partial charge in [0, 0.05) is 27.9 Å². The number of para-hydroxylation sites is 1. The van der Waals surface area contributed by atoms with Crippen LogP contribution in [0, 0.1) is 6.92 Å². The van der Waals surface area contributed by atoms with Gasteiger partial charge < -0.3 is 9.88 Å². The number of anilines is 1. The van der Waals surface area contributed by atoms with E-state index in [9.17, 15) is 9.59 Å². The van der Waals surface area contributed by atoms with E-state index in [0.717, 1.165) is 34.7 Å². The number of benzene rings is 2. The lowest BCUT2D eigenvalue weighted by Crippen LogP contribution is -2.19. The summed E-state index contributed by atoms with van der Waals surface area (Å²) in [6.45, 7) is 4.10. The van der Waals surface area contributed by atoms with Crippen molar-refractivity contribution < 1.29 is 9.59 Å². The van der Waals surface area contributed by atoms with Crippen LogP contribution in [0.2, 0.25) is 5.02 Å². The van der Waals surface area contributed by atoms with Gasteiger partial charge in [0.1, 0.15) is 6.54 Å². The fraction of sp³-hybridized carbons (Fsp3) is 0.200. The molecule has 0 saturated heterocycles. The number of aldehydes is 1. The molecule has 1 N–H and O–H groups in total. The van der Waals surface area contributed by atoms with Crippen molar-refractivity contribution in [3.8, 4) is 0 Å². The largest absolute Gasteiger partial charge is 0.337 e. The Hall–Kier alpha value is -2.59. The Labute approximate surface area is 151 Å². The zero-order valence-electron chi connectivity index (χ0n) is 14.2. The van der Waals surface area contributed by atoms with Crippen LogP contribution in [-0.4, -0.2) is 16.8 Å². The number of fused-ring (bicyclic) bond motifs is 1. The lowest BCUT2D eigenvalue weighted by molar-refractivity contribution is -0.116. The minimum absolute atomic E-state index is 0.132. The fourth-order valence-electron chi connectivity index (χ4n) is 3.04. The smallest absolute Gasteiger partial charge is 0.244 e. The maximum absolute atomic E-state index is 12.5. The van der Waals surface area contributed by atoms with Crippen molar-refractivity contribution in [1.82, 2.24) is 4.57 Å². The summed E-state index contributed by atoms with van der Waals surface area (Å²) in [6, 6.07) is 11.3. The molecule has 0 aliphatic heterocycles. The molecule has 0 spiro atoms. The maximum Gasteiger partial charge on any atom is 0.244 e. The third-order valence-electron chi connectivity index (χ3n) is 4.31. The molecule has 0 aliphatic carbocycles. The summed E-state index contributed by atoms with van der Waals surface area (Å²) < 4.78 is 1.84. The molecule has 0 unspecified atom stereocenters. The predicted molar refractivity (Wildman–Crippen MR) is 102 cm³/mol. The SMILES string of the molecule is CCc1cccc2c(C=O)cn(CC(=O)Nc3cc(Cl)ccc3C)c12. The summed E-state index contributed by atoms with van der Waals surface area (Å²) in [6.07, 6.45) is 3.40. The van der Waals surface area contributed by atoms with Crippen molar-refractivity contribution >= 4 is 40.4 Å². The Morgan fingerprint density at radius 1 is 1.28 bits per heavy atom. The van der Waals surface area contributed by atoms with Gasteiger partial charge in [-0.3, -0.25) is 9.59 Å². The highest BCUT2D eigenvalue weighted by molar-refractivity contribution is 6.31. The number of amides is 1. The van der Waals surface area contributed by atoms with Crippen molar-refractivity contribution in [3.63, 3.8) is 0 Å². The molecule has 2 aromatic carbocycles. The van der Waals surface area contributed by atoms with E-state index in [1.807, 2.05) is 35.8 Å². The van der Waals surface area contributed by atoms with Crippen molar-refractivity contribution in [2.24, 2.45) is 0 Å². The molecule has 4 nitrogen and oxygen atoms in total. The Kier molecular flexibility index (Phi) is 4.91. The van der Waals surface area contributed by atoms with Crippen molar-refractivity contribution in [2.45, 2.75) is 26.8 Å². The number of halogens is 1. The Bertz CT molecular complexity index is 960. The zero-order chi connectivity index (χ0) is 18.0. The number of aryl methyl sites for hydroxylation is 2. The number of aromatic nitrogens is 1. The molecular formula is C20H19ClN2O2. The molecule has 0 aliphatic rings. The first-order valence-electron chi connectivity index (χ1n) is 8.15. The van der Waals surface area contributed by atoms with Gasteiger partial charge >= 0.3 is 0 Å². The Balaban J connectivity index is 1.93. The van der Waals surface area contributed by atoms with Gasteiger partial charge in [0.25, 0.3) is 0 Å². The third-order valence-corrected chi connectivity index (χ3v) is 4.54. The van der Waals surface area contributed by atoms with E-state index in [4.69, 9.17) is 11.6 Å². The second-order valence-electron chi connectivity index (χ2n) is 6.00. The molecule has 1 amide bonds. The second kappa shape index (κ2) is 7.11. The summed E-state index contributed by atoms with van der Waals surface area (Å²) in [4.78, 5) is 23.9. The van der Waals surface area contributed by atoms with Gasteiger partial charge in [0.15, 0.2) is 6.29 Å². The monoisotopic (exact) mass is 354 g/mol. The van der Waals surface area contributed by atoms with Gasteiger partial charge in [-0.2, -0.15) is 0 Å². The van der Waals surface area contributed by atoms with Crippen LogP contribution in [0.3, 0.4) is 0 Å². The number of hydrogen-bond donors (Lipinski definition) is 1. The van der Waals surface area contributed by atoms with E-state index < -0.39 is 0 Å². The van der Waals surface area contributed by atoms with Crippen LogP contribution in [-0.2, 0) is 17.8 Å². The zero-order valence-corrected chi connectivity index (χ0v) is 14.9. The van der Waals surface area contributed by atoms with E-state index in [2.05, 4.69) is 12.2 Å². The number of rotatable bonds is 5. The van der Waals surface area contributed by atoms with Gasteiger partial charge in [-0.1, -0.05) is 42.8 Å². The number of carbonyl (C=O) groups excluding carboxylic acids is 2. The third kappa shape index (κ3) is 3.44. The van der Waals surface area contributed by atoms with Crippen LogP contribution in [0.4, 0.5) is 5.69 Å². The topological polar surface area (TPSA) is 51.1 Å². The van der Waals surface area contributed by atoms with Gasteiger partial charge in [-0.15, -0.1) is 0 Å². The van der Waals surface area contributed by atoms with Crippen LogP contribution in [0.15, 0.2) is 42.6 Å². The predicted octanol–water partition coefficient (Wildman–Crippen LogP) is 4.62. The highest BCUT2D eigenvalue weighted by Crippen LogP contribution is 2.25. The molecule has 25 heavy (non-hydrogen) atoms. The molecule has 0 bridgehead atoms. The van der Waals surface area contributed by atoms with E-state index in [0.29, 0.717) is 16.3 Å².